The van der Waals surface area contributed by atoms with Gasteiger partial charge in [-0.1, -0.05) is 12.1 Å². The van der Waals surface area contributed by atoms with Gasteiger partial charge in [-0.05, 0) is 39.1 Å². The first kappa shape index (κ1) is 12.0. The van der Waals surface area contributed by atoms with Crippen LogP contribution in [0.3, 0.4) is 0 Å². The molecule has 1 aromatic rings. The van der Waals surface area contributed by atoms with Crippen LogP contribution in [-0.4, -0.2) is 26.7 Å². The predicted octanol–water partition coefficient (Wildman–Crippen LogP) is 2.26. The first-order chi connectivity index (χ1) is 7.29. The SMILES string of the molecule is CCN(CCCNC)c1ccccc1F. The first-order valence-corrected chi connectivity index (χ1v) is 5.43. The molecule has 0 fully saturated rings. The molecule has 0 aliphatic carbocycles. The molecule has 1 rings (SSSR count). The van der Waals surface area contributed by atoms with Crippen LogP contribution in [0.5, 0.6) is 0 Å². The molecule has 0 aromatic heterocycles. The molecular formula is C12H19FN2. The summed E-state index contributed by atoms with van der Waals surface area (Å²) in [5, 5.41) is 3.09. The molecule has 0 radical (unpaired) electrons. The lowest BCUT2D eigenvalue weighted by Gasteiger charge is -2.23. The molecule has 0 unspecified atom stereocenters. The quantitative estimate of drug-likeness (QED) is 0.724. The zero-order valence-electron chi connectivity index (χ0n) is 9.46. The molecule has 3 heteroatoms. The van der Waals surface area contributed by atoms with E-state index < -0.39 is 0 Å². The number of hydrogen-bond acceptors (Lipinski definition) is 2. The van der Waals surface area contributed by atoms with E-state index in [-0.39, 0.29) is 5.82 Å². The highest BCUT2D eigenvalue weighted by atomic mass is 19.1. The van der Waals surface area contributed by atoms with E-state index in [1.54, 1.807) is 6.07 Å². The Kier molecular flexibility index (Phi) is 5.12. The second-order valence-electron chi connectivity index (χ2n) is 3.49. The molecule has 0 aliphatic heterocycles. The van der Waals surface area contributed by atoms with Crippen molar-refractivity contribution < 1.29 is 4.39 Å². The summed E-state index contributed by atoms with van der Waals surface area (Å²) in [5.41, 5.74) is 0.705. The highest BCUT2D eigenvalue weighted by Gasteiger charge is 2.07. The first-order valence-electron chi connectivity index (χ1n) is 5.43. The average Bonchev–Trinajstić information content (AvgIpc) is 2.26. The van der Waals surface area contributed by atoms with Gasteiger partial charge in [-0.3, -0.25) is 0 Å². The molecular weight excluding hydrogens is 191 g/mol. The Bertz CT molecular complexity index is 289. The third kappa shape index (κ3) is 3.51. The van der Waals surface area contributed by atoms with Crippen LogP contribution in [-0.2, 0) is 0 Å². The summed E-state index contributed by atoms with van der Waals surface area (Å²) < 4.78 is 13.5. The summed E-state index contributed by atoms with van der Waals surface area (Å²) in [5.74, 6) is -0.135. The summed E-state index contributed by atoms with van der Waals surface area (Å²) in [6.07, 6.45) is 1.03. The van der Waals surface area contributed by atoms with Crippen LogP contribution in [0.1, 0.15) is 13.3 Å². The maximum absolute atomic E-state index is 13.5. The molecule has 0 bridgehead atoms. The van der Waals surface area contributed by atoms with Crippen molar-refractivity contribution in [3.05, 3.63) is 30.1 Å². The van der Waals surface area contributed by atoms with Gasteiger partial charge in [-0.2, -0.15) is 0 Å². The lowest BCUT2D eigenvalue weighted by atomic mass is 10.2. The molecule has 84 valence electrons. The number of nitrogens with one attached hydrogen (secondary N) is 1. The van der Waals surface area contributed by atoms with Gasteiger partial charge in [0.15, 0.2) is 0 Å². The molecule has 2 nitrogen and oxygen atoms in total. The lowest BCUT2D eigenvalue weighted by Crippen LogP contribution is -2.27. The zero-order valence-corrected chi connectivity index (χ0v) is 9.46. The summed E-state index contributed by atoms with van der Waals surface area (Å²) in [7, 11) is 1.93. The van der Waals surface area contributed by atoms with Gasteiger partial charge in [0.2, 0.25) is 0 Å². The van der Waals surface area contributed by atoms with Crippen molar-refractivity contribution in [2.24, 2.45) is 0 Å². The molecule has 0 saturated heterocycles. The fourth-order valence-electron chi connectivity index (χ4n) is 1.60. The second kappa shape index (κ2) is 6.40. The van der Waals surface area contributed by atoms with E-state index in [4.69, 9.17) is 0 Å². The van der Waals surface area contributed by atoms with E-state index in [2.05, 4.69) is 10.2 Å². The summed E-state index contributed by atoms with van der Waals surface area (Å²) in [6, 6.07) is 6.94. The van der Waals surface area contributed by atoms with Gasteiger partial charge in [-0.25, -0.2) is 4.39 Å². The van der Waals surface area contributed by atoms with Crippen molar-refractivity contribution in [2.45, 2.75) is 13.3 Å². The van der Waals surface area contributed by atoms with Crippen molar-refractivity contribution in [1.82, 2.24) is 5.32 Å². The second-order valence-corrected chi connectivity index (χ2v) is 3.49. The molecule has 0 atom stereocenters. The topological polar surface area (TPSA) is 15.3 Å². The van der Waals surface area contributed by atoms with Gasteiger partial charge >= 0.3 is 0 Å². The maximum atomic E-state index is 13.5. The molecule has 1 aromatic carbocycles. The molecule has 15 heavy (non-hydrogen) atoms. The number of benzene rings is 1. The minimum atomic E-state index is -0.135. The third-order valence-corrected chi connectivity index (χ3v) is 2.43. The Labute approximate surface area is 91.1 Å². The fourth-order valence-corrected chi connectivity index (χ4v) is 1.60. The van der Waals surface area contributed by atoms with Crippen LogP contribution in [0.15, 0.2) is 24.3 Å². The van der Waals surface area contributed by atoms with Crippen molar-refractivity contribution in [2.75, 3.05) is 31.6 Å². The van der Waals surface area contributed by atoms with E-state index in [0.717, 1.165) is 26.1 Å². The van der Waals surface area contributed by atoms with E-state index in [1.165, 1.54) is 6.07 Å². The lowest BCUT2D eigenvalue weighted by molar-refractivity contribution is 0.612. The van der Waals surface area contributed by atoms with Gasteiger partial charge < -0.3 is 10.2 Å². The van der Waals surface area contributed by atoms with Crippen LogP contribution in [0.4, 0.5) is 10.1 Å². The zero-order chi connectivity index (χ0) is 11.1. The van der Waals surface area contributed by atoms with Crippen LogP contribution < -0.4 is 10.2 Å². The monoisotopic (exact) mass is 210 g/mol. The smallest absolute Gasteiger partial charge is 0.146 e. The Balaban J connectivity index is 2.61. The predicted molar refractivity (Wildman–Crippen MR) is 62.8 cm³/mol. The molecule has 0 spiro atoms. The Morgan fingerprint density at radius 1 is 1.33 bits per heavy atom. The number of halogens is 1. The summed E-state index contributed by atoms with van der Waals surface area (Å²) in [4.78, 5) is 2.06. The van der Waals surface area contributed by atoms with Crippen molar-refractivity contribution >= 4 is 5.69 Å². The van der Waals surface area contributed by atoms with Crippen LogP contribution in [0.25, 0.3) is 0 Å². The minimum Gasteiger partial charge on any atom is -0.369 e. The molecule has 0 heterocycles. The third-order valence-electron chi connectivity index (χ3n) is 2.43. The number of para-hydroxylation sites is 1. The Hall–Kier alpha value is -1.09. The van der Waals surface area contributed by atoms with Crippen molar-refractivity contribution in [3.8, 4) is 0 Å². The van der Waals surface area contributed by atoms with Gasteiger partial charge in [0.1, 0.15) is 5.82 Å². The number of rotatable bonds is 6. The van der Waals surface area contributed by atoms with Crippen LogP contribution in [0.2, 0.25) is 0 Å². The van der Waals surface area contributed by atoms with Gasteiger partial charge in [0.25, 0.3) is 0 Å². The number of nitrogens with zero attached hydrogens (tertiary/aromatic N) is 1. The van der Waals surface area contributed by atoms with Gasteiger partial charge in [-0.15, -0.1) is 0 Å². The largest absolute Gasteiger partial charge is 0.369 e. The Morgan fingerprint density at radius 2 is 2.07 bits per heavy atom. The van der Waals surface area contributed by atoms with E-state index >= 15 is 0 Å². The average molecular weight is 210 g/mol. The van der Waals surface area contributed by atoms with Crippen molar-refractivity contribution in [3.63, 3.8) is 0 Å². The van der Waals surface area contributed by atoms with Crippen LogP contribution >= 0.6 is 0 Å². The fraction of sp³-hybridized carbons (Fsp3) is 0.500. The van der Waals surface area contributed by atoms with Gasteiger partial charge in [0, 0.05) is 13.1 Å². The molecule has 0 amide bonds. The van der Waals surface area contributed by atoms with E-state index in [1.807, 2.05) is 26.1 Å². The van der Waals surface area contributed by atoms with E-state index in [9.17, 15) is 4.39 Å². The molecule has 1 N–H and O–H groups in total. The number of hydrogen-bond donors (Lipinski definition) is 1. The summed E-state index contributed by atoms with van der Waals surface area (Å²) >= 11 is 0. The molecule has 0 saturated carbocycles. The maximum Gasteiger partial charge on any atom is 0.146 e. The van der Waals surface area contributed by atoms with E-state index in [0.29, 0.717) is 5.69 Å². The highest BCUT2D eigenvalue weighted by Crippen LogP contribution is 2.18. The Morgan fingerprint density at radius 3 is 2.67 bits per heavy atom. The standard InChI is InChI=1S/C12H19FN2/c1-3-15(10-6-9-14-2)12-8-5-4-7-11(12)13/h4-5,7-8,14H,3,6,9-10H2,1-2H3. The van der Waals surface area contributed by atoms with Gasteiger partial charge in [0.05, 0.1) is 5.69 Å². The van der Waals surface area contributed by atoms with Crippen LogP contribution in [0, 0.1) is 5.82 Å². The summed E-state index contributed by atoms with van der Waals surface area (Å²) in [6.45, 7) is 4.74. The number of anilines is 1. The normalized spacial score (nSPS) is 10.3. The van der Waals surface area contributed by atoms with Crippen molar-refractivity contribution in [1.29, 1.82) is 0 Å². The minimum absolute atomic E-state index is 0.135. The highest BCUT2D eigenvalue weighted by molar-refractivity contribution is 5.47. The molecule has 0 aliphatic rings.